The molecule has 0 saturated carbocycles. The lowest BCUT2D eigenvalue weighted by Gasteiger charge is -2.34. The Labute approximate surface area is 149 Å². The van der Waals surface area contributed by atoms with Crippen LogP contribution in [-0.4, -0.2) is 57.0 Å². The van der Waals surface area contributed by atoms with Gasteiger partial charge >= 0.3 is 5.69 Å². The molecule has 1 amide bonds. The molecule has 3 heterocycles. The van der Waals surface area contributed by atoms with Crippen LogP contribution in [-0.2, 0) is 4.79 Å². The van der Waals surface area contributed by atoms with Crippen LogP contribution in [0.15, 0.2) is 29.1 Å². The summed E-state index contributed by atoms with van der Waals surface area (Å²) in [7, 11) is 0. The minimum Gasteiger partial charge on any atom is -0.406 e. The normalized spacial score (nSPS) is 15.7. The van der Waals surface area contributed by atoms with Crippen LogP contribution in [0.25, 0.3) is 22.1 Å². The molecule has 1 fully saturated rings. The van der Waals surface area contributed by atoms with Gasteiger partial charge in [-0.3, -0.25) is 9.78 Å². The van der Waals surface area contributed by atoms with E-state index in [9.17, 15) is 9.59 Å². The Morgan fingerprint density at radius 2 is 2.00 bits per heavy atom. The number of imidazole rings is 1. The summed E-state index contributed by atoms with van der Waals surface area (Å²) in [5.74, 6) is 0.929. The second kappa shape index (κ2) is 6.80. The fourth-order valence-electron chi connectivity index (χ4n) is 3.21. The standard InChI is InChI=1S/C18H21N5O3/c1-2-3-16(24)22-6-8-23(9-7-22)26-13-4-5-14-12(10-13)11-15-17(19-14)21-18(25)20-15/h4-5,10-11H,2-3,6-9H2,1H3,(H2,19,20,21,25). The number of rotatable bonds is 4. The summed E-state index contributed by atoms with van der Waals surface area (Å²) in [6.45, 7) is 4.73. The zero-order valence-corrected chi connectivity index (χ0v) is 14.6. The van der Waals surface area contributed by atoms with Crippen LogP contribution in [0, 0.1) is 0 Å². The van der Waals surface area contributed by atoms with Crippen molar-refractivity contribution in [2.24, 2.45) is 0 Å². The van der Waals surface area contributed by atoms with Gasteiger partial charge in [0.1, 0.15) is 5.75 Å². The van der Waals surface area contributed by atoms with Gasteiger partial charge in [0.15, 0.2) is 5.65 Å². The summed E-state index contributed by atoms with van der Waals surface area (Å²) in [6, 6.07) is 7.52. The number of aromatic nitrogens is 3. The van der Waals surface area contributed by atoms with E-state index in [1.807, 2.05) is 41.2 Å². The van der Waals surface area contributed by atoms with Crippen molar-refractivity contribution in [3.8, 4) is 5.75 Å². The summed E-state index contributed by atoms with van der Waals surface area (Å²) in [4.78, 5) is 41.0. The summed E-state index contributed by atoms with van der Waals surface area (Å²) < 4.78 is 0. The molecule has 0 atom stereocenters. The number of hydrogen-bond acceptors (Lipinski definition) is 5. The van der Waals surface area contributed by atoms with E-state index in [1.165, 1.54) is 0 Å². The number of hydrogen-bond donors (Lipinski definition) is 2. The first-order valence-electron chi connectivity index (χ1n) is 8.86. The third kappa shape index (κ3) is 3.28. The van der Waals surface area contributed by atoms with Crippen molar-refractivity contribution < 1.29 is 9.63 Å². The van der Waals surface area contributed by atoms with Crippen LogP contribution in [0.5, 0.6) is 5.75 Å². The molecule has 1 aliphatic heterocycles. The number of H-pyrrole nitrogens is 2. The van der Waals surface area contributed by atoms with Crippen molar-refractivity contribution in [3.63, 3.8) is 0 Å². The SMILES string of the molecule is CCCC(=O)N1CCN(Oc2ccc3nc4[nH]c(=O)[nH]c4cc3c2)CC1. The van der Waals surface area contributed by atoms with Crippen molar-refractivity contribution in [2.45, 2.75) is 19.8 Å². The predicted octanol–water partition coefficient (Wildman–Crippen LogP) is 1.64. The van der Waals surface area contributed by atoms with Gasteiger partial charge in [-0.1, -0.05) is 6.92 Å². The number of fused-ring (bicyclic) bond motifs is 2. The van der Waals surface area contributed by atoms with Crippen LogP contribution in [0.1, 0.15) is 19.8 Å². The fraction of sp³-hybridized carbons (Fsp3) is 0.389. The first kappa shape index (κ1) is 16.6. The van der Waals surface area contributed by atoms with Gasteiger partial charge < -0.3 is 14.7 Å². The molecule has 8 heteroatoms. The van der Waals surface area contributed by atoms with Gasteiger partial charge in [0.2, 0.25) is 5.91 Å². The molecule has 0 spiro atoms. The lowest BCUT2D eigenvalue weighted by Crippen LogP contribution is -2.49. The topological polar surface area (TPSA) is 94.3 Å². The largest absolute Gasteiger partial charge is 0.406 e. The van der Waals surface area contributed by atoms with E-state index in [0.717, 1.165) is 17.3 Å². The fourth-order valence-corrected chi connectivity index (χ4v) is 3.21. The van der Waals surface area contributed by atoms with Crippen molar-refractivity contribution in [1.29, 1.82) is 0 Å². The van der Waals surface area contributed by atoms with E-state index < -0.39 is 0 Å². The number of carbonyl (C=O) groups excluding carboxylic acids is 1. The number of piperazine rings is 1. The third-order valence-electron chi connectivity index (χ3n) is 4.56. The molecule has 2 aromatic heterocycles. The maximum absolute atomic E-state index is 12.0. The predicted molar refractivity (Wildman–Crippen MR) is 97.9 cm³/mol. The van der Waals surface area contributed by atoms with Crippen molar-refractivity contribution in [2.75, 3.05) is 26.2 Å². The van der Waals surface area contributed by atoms with Crippen LogP contribution in [0.2, 0.25) is 0 Å². The molecule has 136 valence electrons. The van der Waals surface area contributed by atoms with Crippen molar-refractivity contribution >= 4 is 28.0 Å². The maximum Gasteiger partial charge on any atom is 0.325 e. The molecule has 1 aliphatic rings. The van der Waals surface area contributed by atoms with E-state index in [2.05, 4.69) is 15.0 Å². The van der Waals surface area contributed by atoms with E-state index in [1.54, 1.807) is 0 Å². The molecule has 0 aliphatic carbocycles. The number of nitrogens with zero attached hydrogens (tertiary/aromatic N) is 3. The molecule has 0 unspecified atom stereocenters. The van der Waals surface area contributed by atoms with Gasteiger partial charge in [-0.25, -0.2) is 9.78 Å². The van der Waals surface area contributed by atoms with E-state index in [4.69, 9.17) is 4.84 Å². The molecule has 8 nitrogen and oxygen atoms in total. The molecular formula is C18H21N5O3. The highest BCUT2D eigenvalue weighted by Gasteiger charge is 2.21. The average molecular weight is 355 g/mol. The number of aromatic amines is 2. The summed E-state index contributed by atoms with van der Waals surface area (Å²) in [5, 5.41) is 2.77. The zero-order chi connectivity index (χ0) is 18.1. The zero-order valence-electron chi connectivity index (χ0n) is 14.6. The van der Waals surface area contributed by atoms with Crippen molar-refractivity contribution in [1.82, 2.24) is 24.9 Å². The summed E-state index contributed by atoms with van der Waals surface area (Å²) in [6.07, 6.45) is 1.48. The second-order valence-corrected chi connectivity index (χ2v) is 6.47. The Bertz CT molecular complexity index is 1000. The molecule has 2 N–H and O–H groups in total. The second-order valence-electron chi connectivity index (χ2n) is 6.47. The van der Waals surface area contributed by atoms with Crippen LogP contribution in [0.3, 0.4) is 0 Å². The Morgan fingerprint density at radius 1 is 1.19 bits per heavy atom. The number of nitrogens with one attached hydrogen (secondary N) is 2. The highest BCUT2D eigenvalue weighted by Crippen LogP contribution is 2.23. The van der Waals surface area contributed by atoms with Gasteiger partial charge in [-0.05, 0) is 30.7 Å². The van der Waals surface area contributed by atoms with Crippen LogP contribution >= 0.6 is 0 Å². The Morgan fingerprint density at radius 3 is 2.77 bits per heavy atom. The highest BCUT2D eigenvalue weighted by atomic mass is 16.7. The van der Waals surface area contributed by atoms with Gasteiger partial charge in [-0.15, -0.1) is 5.06 Å². The Kier molecular flexibility index (Phi) is 4.34. The van der Waals surface area contributed by atoms with Crippen LogP contribution in [0.4, 0.5) is 0 Å². The van der Waals surface area contributed by atoms with Gasteiger partial charge in [0.05, 0.1) is 24.1 Å². The monoisotopic (exact) mass is 355 g/mol. The number of hydroxylamine groups is 2. The molecular weight excluding hydrogens is 334 g/mol. The Hall–Kier alpha value is -2.87. The summed E-state index contributed by atoms with van der Waals surface area (Å²) >= 11 is 0. The lowest BCUT2D eigenvalue weighted by molar-refractivity contribution is -0.140. The number of carbonyl (C=O) groups is 1. The quantitative estimate of drug-likeness (QED) is 0.742. The third-order valence-corrected chi connectivity index (χ3v) is 4.56. The molecule has 3 aromatic rings. The first-order valence-corrected chi connectivity index (χ1v) is 8.86. The number of pyridine rings is 1. The van der Waals surface area contributed by atoms with Crippen molar-refractivity contribution in [3.05, 3.63) is 34.7 Å². The highest BCUT2D eigenvalue weighted by molar-refractivity contribution is 5.89. The van der Waals surface area contributed by atoms with Gasteiger partial charge in [0.25, 0.3) is 0 Å². The number of benzene rings is 1. The Balaban J connectivity index is 1.47. The smallest absolute Gasteiger partial charge is 0.325 e. The molecule has 0 radical (unpaired) electrons. The average Bonchev–Trinajstić information content (AvgIpc) is 2.99. The number of amides is 1. The van der Waals surface area contributed by atoms with E-state index >= 15 is 0 Å². The van der Waals surface area contributed by atoms with Gasteiger partial charge in [0, 0.05) is 24.9 Å². The minimum absolute atomic E-state index is 0.216. The molecule has 4 rings (SSSR count). The maximum atomic E-state index is 12.0. The van der Waals surface area contributed by atoms with E-state index in [-0.39, 0.29) is 11.6 Å². The molecule has 1 saturated heterocycles. The first-order chi connectivity index (χ1) is 12.6. The van der Waals surface area contributed by atoms with Gasteiger partial charge in [-0.2, -0.15) is 0 Å². The lowest BCUT2D eigenvalue weighted by atomic mass is 10.2. The van der Waals surface area contributed by atoms with E-state index in [0.29, 0.717) is 49.5 Å². The molecule has 26 heavy (non-hydrogen) atoms. The molecule has 1 aromatic carbocycles. The summed E-state index contributed by atoms with van der Waals surface area (Å²) in [5.41, 5.74) is 1.73. The molecule has 0 bridgehead atoms. The van der Waals surface area contributed by atoms with Crippen LogP contribution < -0.4 is 10.5 Å². The minimum atomic E-state index is -0.269.